The molecule has 0 aliphatic carbocycles. The molecule has 0 bridgehead atoms. The van der Waals surface area contributed by atoms with Crippen molar-refractivity contribution in [2.45, 2.75) is 20.0 Å². The van der Waals surface area contributed by atoms with E-state index in [2.05, 4.69) is 17.2 Å². The number of benzene rings is 3. The summed E-state index contributed by atoms with van der Waals surface area (Å²) in [4.78, 5) is 17.7. The summed E-state index contributed by atoms with van der Waals surface area (Å²) in [5.41, 5.74) is 3.87. The summed E-state index contributed by atoms with van der Waals surface area (Å²) in [5, 5.41) is 4.13. The topological polar surface area (TPSA) is 50.7 Å². The zero-order chi connectivity index (χ0) is 21.6. The van der Waals surface area contributed by atoms with Gasteiger partial charge in [0, 0.05) is 10.6 Å². The van der Waals surface area contributed by atoms with E-state index in [1.54, 1.807) is 0 Å². The third-order valence-electron chi connectivity index (χ3n) is 4.76. The summed E-state index contributed by atoms with van der Waals surface area (Å²) >= 11 is 7.28. The highest BCUT2D eigenvalue weighted by molar-refractivity contribution is 8.18. The smallest absolute Gasteiger partial charge is 0.264 e. The Bertz CT molecular complexity index is 1160. The van der Waals surface area contributed by atoms with Crippen LogP contribution in [0.2, 0.25) is 5.02 Å². The number of carbonyl (C=O) groups excluding carboxylic acids is 1. The number of ether oxygens (including phenoxy) is 1. The molecule has 3 aromatic rings. The predicted molar refractivity (Wildman–Crippen MR) is 129 cm³/mol. The Labute approximate surface area is 191 Å². The number of para-hydroxylation sites is 2. The summed E-state index contributed by atoms with van der Waals surface area (Å²) in [6, 6.07) is 23.1. The van der Waals surface area contributed by atoms with Gasteiger partial charge in [-0.3, -0.25) is 4.79 Å². The van der Waals surface area contributed by atoms with Crippen molar-refractivity contribution in [1.29, 1.82) is 0 Å². The van der Waals surface area contributed by atoms with Gasteiger partial charge in [0.2, 0.25) is 0 Å². The van der Waals surface area contributed by atoms with Crippen molar-refractivity contribution in [2.24, 2.45) is 4.99 Å². The van der Waals surface area contributed by atoms with Crippen LogP contribution in [0.4, 0.5) is 5.69 Å². The fraction of sp³-hybridized carbons (Fsp3) is 0.120. The van der Waals surface area contributed by atoms with E-state index in [0.29, 0.717) is 27.5 Å². The molecule has 1 N–H and O–H groups in total. The molecule has 0 saturated carbocycles. The zero-order valence-corrected chi connectivity index (χ0v) is 18.5. The number of amidine groups is 1. The molecule has 1 heterocycles. The fourth-order valence-corrected chi connectivity index (χ4v) is 4.07. The first-order valence-electron chi connectivity index (χ1n) is 9.96. The van der Waals surface area contributed by atoms with Crippen LogP contribution in [0.5, 0.6) is 5.75 Å². The van der Waals surface area contributed by atoms with Crippen molar-refractivity contribution in [3.8, 4) is 5.75 Å². The summed E-state index contributed by atoms with van der Waals surface area (Å²) < 4.78 is 6.00. The number of aryl methyl sites for hydroxylation is 1. The van der Waals surface area contributed by atoms with Crippen molar-refractivity contribution < 1.29 is 9.53 Å². The van der Waals surface area contributed by atoms with Crippen LogP contribution >= 0.6 is 23.4 Å². The van der Waals surface area contributed by atoms with Gasteiger partial charge in [-0.25, -0.2) is 4.99 Å². The number of hydrogen-bond acceptors (Lipinski definition) is 4. The van der Waals surface area contributed by atoms with Crippen LogP contribution < -0.4 is 10.1 Å². The molecule has 31 heavy (non-hydrogen) atoms. The minimum Gasteiger partial charge on any atom is -0.488 e. The third-order valence-corrected chi connectivity index (χ3v) is 5.92. The Morgan fingerprint density at radius 3 is 2.58 bits per heavy atom. The lowest BCUT2D eigenvalue weighted by Gasteiger charge is -2.09. The first-order chi connectivity index (χ1) is 15.1. The van der Waals surface area contributed by atoms with Crippen molar-refractivity contribution in [3.63, 3.8) is 0 Å². The Balaban J connectivity index is 1.53. The molecule has 6 heteroatoms. The predicted octanol–water partition coefficient (Wildman–Crippen LogP) is 6.37. The molecular weight excluding hydrogens is 428 g/mol. The number of amides is 1. The Morgan fingerprint density at radius 2 is 1.77 bits per heavy atom. The second kappa shape index (κ2) is 9.86. The first-order valence-corrected chi connectivity index (χ1v) is 11.2. The molecule has 0 atom stereocenters. The maximum atomic E-state index is 12.5. The van der Waals surface area contributed by atoms with Gasteiger partial charge < -0.3 is 10.1 Å². The van der Waals surface area contributed by atoms with Crippen molar-refractivity contribution in [2.75, 3.05) is 0 Å². The Kier molecular flexibility index (Phi) is 6.75. The van der Waals surface area contributed by atoms with E-state index in [1.165, 1.54) is 11.8 Å². The van der Waals surface area contributed by atoms with Crippen LogP contribution in [0.25, 0.3) is 6.08 Å². The van der Waals surface area contributed by atoms with Gasteiger partial charge in [0.25, 0.3) is 5.91 Å². The quantitative estimate of drug-likeness (QED) is 0.445. The van der Waals surface area contributed by atoms with Gasteiger partial charge in [0.05, 0.1) is 10.6 Å². The van der Waals surface area contributed by atoms with Crippen LogP contribution in [0.3, 0.4) is 0 Å². The van der Waals surface area contributed by atoms with Gasteiger partial charge in [-0.2, -0.15) is 0 Å². The van der Waals surface area contributed by atoms with E-state index >= 15 is 0 Å². The number of halogens is 1. The Morgan fingerprint density at radius 1 is 1.03 bits per heavy atom. The summed E-state index contributed by atoms with van der Waals surface area (Å²) in [6.45, 7) is 2.50. The van der Waals surface area contributed by atoms with Gasteiger partial charge in [0.1, 0.15) is 12.4 Å². The van der Waals surface area contributed by atoms with Crippen LogP contribution in [-0.2, 0) is 17.8 Å². The van der Waals surface area contributed by atoms with E-state index in [-0.39, 0.29) is 5.91 Å². The average molecular weight is 449 g/mol. The Hall–Kier alpha value is -3.02. The molecule has 0 radical (unpaired) electrons. The van der Waals surface area contributed by atoms with Crippen molar-refractivity contribution >= 4 is 46.2 Å². The van der Waals surface area contributed by atoms with Crippen molar-refractivity contribution in [1.82, 2.24) is 5.32 Å². The number of carbonyl (C=O) groups is 1. The average Bonchev–Trinajstić information content (AvgIpc) is 3.13. The summed E-state index contributed by atoms with van der Waals surface area (Å²) in [6.07, 6.45) is 2.72. The van der Waals surface area contributed by atoms with Gasteiger partial charge in [-0.1, -0.05) is 67.1 Å². The van der Waals surface area contributed by atoms with Crippen LogP contribution in [-0.4, -0.2) is 11.1 Å². The molecule has 3 aromatic carbocycles. The second-order valence-corrected chi connectivity index (χ2v) is 8.38. The van der Waals surface area contributed by atoms with Crippen LogP contribution in [0.1, 0.15) is 23.6 Å². The van der Waals surface area contributed by atoms with Crippen molar-refractivity contribution in [3.05, 3.63) is 99.4 Å². The number of nitrogens with zero attached hydrogens (tertiary/aromatic N) is 1. The van der Waals surface area contributed by atoms with E-state index in [0.717, 1.165) is 28.8 Å². The highest BCUT2D eigenvalue weighted by Crippen LogP contribution is 2.31. The van der Waals surface area contributed by atoms with E-state index in [4.69, 9.17) is 16.3 Å². The molecular formula is C25H21ClN2O2S. The number of rotatable bonds is 6. The number of aliphatic imine (C=N–C) groups is 1. The molecule has 1 aliphatic rings. The maximum absolute atomic E-state index is 12.5. The molecule has 4 nitrogen and oxygen atoms in total. The molecule has 156 valence electrons. The monoisotopic (exact) mass is 448 g/mol. The van der Waals surface area contributed by atoms with Gasteiger partial charge >= 0.3 is 0 Å². The molecule has 1 saturated heterocycles. The standard InChI is InChI=1S/C25H21ClN2O2S/c1-2-18-7-3-5-9-21(18)27-25-28-24(29)23(31-25)15-19-8-4-6-10-22(19)30-16-17-11-13-20(26)14-12-17/h3-15H,2,16H2,1H3,(H,27,28,29)/b23-15-. The number of thioether (sulfide) groups is 1. The largest absolute Gasteiger partial charge is 0.488 e. The van der Waals surface area contributed by atoms with E-state index < -0.39 is 0 Å². The summed E-state index contributed by atoms with van der Waals surface area (Å²) in [5.74, 6) is 0.547. The molecule has 1 fully saturated rings. The molecule has 0 spiro atoms. The zero-order valence-electron chi connectivity index (χ0n) is 17.0. The molecule has 0 unspecified atom stereocenters. The molecule has 0 aromatic heterocycles. The van der Waals surface area contributed by atoms with E-state index in [1.807, 2.05) is 78.9 Å². The second-order valence-electron chi connectivity index (χ2n) is 6.92. The minimum absolute atomic E-state index is 0.162. The fourth-order valence-electron chi connectivity index (χ4n) is 3.12. The minimum atomic E-state index is -0.162. The number of nitrogens with one attached hydrogen (secondary N) is 1. The van der Waals surface area contributed by atoms with Gasteiger partial charge in [-0.15, -0.1) is 0 Å². The molecule has 1 aliphatic heterocycles. The normalized spacial score (nSPS) is 16.0. The highest BCUT2D eigenvalue weighted by atomic mass is 35.5. The lowest BCUT2D eigenvalue weighted by molar-refractivity contribution is -0.115. The van der Waals surface area contributed by atoms with Gasteiger partial charge in [-0.05, 0) is 59.7 Å². The highest BCUT2D eigenvalue weighted by Gasteiger charge is 2.24. The van der Waals surface area contributed by atoms with Gasteiger partial charge in [0.15, 0.2) is 5.17 Å². The summed E-state index contributed by atoms with van der Waals surface area (Å²) in [7, 11) is 0. The SMILES string of the molecule is CCc1ccccc1N=C1NC(=O)/C(=C/c2ccccc2OCc2ccc(Cl)cc2)S1. The molecule has 4 rings (SSSR count). The first kappa shape index (κ1) is 21.2. The van der Waals surface area contributed by atoms with Crippen LogP contribution in [0, 0.1) is 0 Å². The number of hydrogen-bond donors (Lipinski definition) is 1. The molecule has 1 amide bonds. The lowest BCUT2D eigenvalue weighted by Crippen LogP contribution is -2.19. The lowest BCUT2D eigenvalue weighted by atomic mass is 10.1. The van der Waals surface area contributed by atoms with Crippen LogP contribution in [0.15, 0.2) is 82.7 Å². The van der Waals surface area contributed by atoms with E-state index in [9.17, 15) is 4.79 Å². The maximum Gasteiger partial charge on any atom is 0.264 e. The third kappa shape index (κ3) is 5.37.